The van der Waals surface area contributed by atoms with E-state index in [1.807, 2.05) is 6.92 Å². The lowest BCUT2D eigenvalue weighted by Crippen LogP contribution is -2.44. The van der Waals surface area contributed by atoms with E-state index in [0.717, 1.165) is 6.42 Å². The zero-order valence-electron chi connectivity index (χ0n) is 28.0. The first kappa shape index (κ1) is 46.7. The number of rotatable bonds is 34. The summed E-state index contributed by atoms with van der Waals surface area (Å²) in [6, 6.07) is -4.87. The van der Waals surface area contributed by atoms with E-state index in [2.05, 4.69) is 15.2 Å². The highest BCUT2D eigenvalue weighted by molar-refractivity contribution is 7.50. The SMILES string of the molecule is CCCOCCOCCOCCOCCOCCC(=O)N[C@H](CCC(=O)N[C@@H](CCOP(=O)(O)N[C@@H](CCC(=O)O)C(=O)O)C(=O)O)C(=O)O. The summed E-state index contributed by atoms with van der Waals surface area (Å²) >= 11 is 0. The summed E-state index contributed by atoms with van der Waals surface area (Å²) in [5.74, 6) is -7.52. The molecule has 290 valence electrons. The van der Waals surface area contributed by atoms with Crippen molar-refractivity contribution in [3.05, 3.63) is 0 Å². The van der Waals surface area contributed by atoms with Crippen LogP contribution in [0.5, 0.6) is 0 Å². The third-order valence-corrected chi connectivity index (χ3v) is 7.34. The van der Waals surface area contributed by atoms with Crippen LogP contribution in [0.1, 0.15) is 51.9 Å². The lowest BCUT2D eigenvalue weighted by atomic mass is 10.1. The van der Waals surface area contributed by atoms with Crippen molar-refractivity contribution >= 4 is 43.4 Å². The molecule has 2 amide bonds. The molecule has 0 fully saturated rings. The zero-order valence-corrected chi connectivity index (χ0v) is 28.8. The third kappa shape index (κ3) is 26.6. The second-order valence-electron chi connectivity index (χ2n) is 10.4. The highest BCUT2D eigenvalue weighted by atomic mass is 31.2. The maximum absolute atomic E-state index is 12.3. The molecule has 8 N–H and O–H groups in total. The Morgan fingerprint density at radius 3 is 1.38 bits per heavy atom. The molecule has 22 heteroatoms. The van der Waals surface area contributed by atoms with Crippen LogP contribution in [0, 0.1) is 0 Å². The molecule has 0 aliphatic rings. The molecular formula is C28H50N3O18P. The molecule has 0 saturated heterocycles. The van der Waals surface area contributed by atoms with Gasteiger partial charge >= 0.3 is 31.6 Å². The molecular weight excluding hydrogens is 697 g/mol. The van der Waals surface area contributed by atoms with Crippen LogP contribution < -0.4 is 15.7 Å². The number of carbonyl (C=O) groups is 6. The summed E-state index contributed by atoms with van der Waals surface area (Å²) in [7, 11) is -4.82. The van der Waals surface area contributed by atoms with Gasteiger partial charge in [0.25, 0.3) is 0 Å². The number of carboxylic acid groups (broad SMARTS) is 4. The molecule has 0 aromatic carbocycles. The van der Waals surface area contributed by atoms with Crippen molar-refractivity contribution < 1.29 is 86.9 Å². The molecule has 0 aromatic rings. The van der Waals surface area contributed by atoms with Gasteiger partial charge in [-0.25, -0.2) is 19.2 Å². The van der Waals surface area contributed by atoms with Crippen LogP contribution in [-0.2, 0) is 61.5 Å². The van der Waals surface area contributed by atoms with Gasteiger partial charge in [-0.3, -0.25) is 23.7 Å². The average Bonchev–Trinajstić information content (AvgIpc) is 3.03. The van der Waals surface area contributed by atoms with Gasteiger partial charge in [0.1, 0.15) is 18.1 Å². The number of hydrogen-bond donors (Lipinski definition) is 8. The van der Waals surface area contributed by atoms with Gasteiger partial charge in [-0.2, -0.15) is 0 Å². The van der Waals surface area contributed by atoms with E-state index in [0.29, 0.717) is 46.2 Å². The molecule has 4 atom stereocenters. The van der Waals surface area contributed by atoms with Gasteiger partial charge < -0.3 is 59.6 Å². The minimum Gasteiger partial charge on any atom is -0.481 e. The predicted octanol–water partition coefficient (Wildman–Crippen LogP) is -0.797. The van der Waals surface area contributed by atoms with Crippen LogP contribution in [-0.4, -0.2) is 152 Å². The van der Waals surface area contributed by atoms with Crippen molar-refractivity contribution in [2.45, 2.75) is 70.0 Å². The highest BCUT2D eigenvalue weighted by Crippen LogP contribution is 2.38. The number of amides is 2. The fourth-order valence-electron chi connectivity index (χ4n) is 3.65. The lowest BCUT2D eigenvalue weighted by molar-refractivity contribution is -0.143. The number of nitrogens with one attached hydrogen (secondary N) is 3. The van der Waals surface area contributed by atoms with Gasteiger partial charge in [0.05, 0.1) is 66.1 Å². The molecule has 1 unspecified atom stereocenters. The fourth-order valence-corrected chi connectivity index (χ4v) is 4.71. The Hall–Kier alpha value is -3.27. The van der Waals surface area contributed by atoms with Crippen LogP contribution in [0.4, 0.5) is 0 Å². The number of carboxylic acids is 4. The van der Waals surface area contributed by atoms with E-state index in [-0.39, 0.29) is 26.2 Å². The van der Waals surface area contributed by atoms with Crippen molar-refractivity contribution in [1.29, 1.82) is 0 Å². The Labute approximate surface area is 288 Å². The molecule has 50 heavy (non-hydrogen) atoms. The summed E-state index contributed by atoms with van der Waals surface area (Å²) in [6.07, 6.45) is -1.85. The summed E-state index contributed by atoms with van der Waals surface area (Å²) in [6.45, 7) is 4.94. The zero-order chi connectivity index (χ0) is 37.8. The first-order valence-electron chi connectivity index (χ1n) is 15.8. The summed E-state index contributed by atoms with van der Waals surface area (Å²) in [5.41, 5.74) is 0. The molecule has 0 aliphatic carbocycles. The van der Waals surface area contributed by atoms with Crippen molar-refractivity contribution in [1.82, 2.24) is 15.7 Å². The first-order valence-corrected chi connectivity index (χ1v) is 17.4. The molecule has 0 bridgehead atoms. The van der Waals surface area contributed by atoms with Gasteiger partial charge in [0, 0.05) is 32.3 Å². The van der Waals surface area contributed by atoms with Gasteiger partial charge in [0.15, 0.2) is 0 Å². The molecule has 0 radical (unpaired) electrons. The van der Waals surface area contributed by atoms with Gasteiger partial charge in [-0.05, 0) is 19.3 Å². The maximum Gasteiger partial charge on any atom is 0.403 e. The Bertz CT molecular complexity index is 1080. The maximum atomic E-state index is 12.3. The third-order valence-electron chi connectivity index (χ3n) is 6.17. The summed E-state index contributed by atoms with van der Waals surface area (Å²) < 4.78 is 43.4. The fraction of sp³-hybridized carbons (Fsp3) is 0.786. The summed E-state index contributed by atoms with van der Waals surface area (Å²) in [5, 5.41) is 42.7. The molecule has 0 rings (SSSR count). The topological polar surface area (TPSA) is 312 Å². The number of hydrogen-bond acceptors (Lipinski definition) is 13. The first-order chi connectivity index (χ1) is 23.7. The minimum atomic E-state index is -4.82. The lowest BCUT2D eigenvalue weighted by Gasteiger charge is -2.20. The quantitative estimate of drug-likeness (QED) is 0.0295. The van der Waals surface area contributed by atoms with Crippen LogP contribution in [0.25, 0.3) is 0 Å². The van der Waals surface area contributed by atoms with Gasteiger partial charge in [-0.15, -0.1) is 0 Å². The van der Waals surface area contributed by atoms with Crippen LogP contribution in [0.3, 0.4) is 0 Å². The van der Waals surface area contributed by atoms with Crippen LogP contribution >= 0.6 is 7.75 Å². The molecule has 21 nitrogen and oxygen atoms in total. The van der Waals surface area contributed by atoms with E-state index >= 15 is 0 Å². The van der Waals surface area contributed by atoms with E-state index in [9.17, 15) is 48.4 Å². The largest absolute Gasteiger partial charge is 0.481 e. The van der Waals surface area contributed by atoms with Crippen molar-refractivity contribution in [3.8, 4) is 0 Å². The molecule has 0 saturated carbocycles. The van der Waals surface area contributed by atoms with Crippen molar-refractivity contribution in [3.63, 3.8) is 0 Å². The average molecular weight is 748 g/mol. The van der Waals surface area contributed by atoms with Crippen molar-refractivity contribution in [2.75, 3.05) is 72.7 Å². The Morgan fingerprint density at radius 1 is 0.540 bits per heavy atom. The smallest absolute Gasteiger partial charge is 0.403 e. The van der Waals surface area contributed by atoms with E-state index in [1.165, 1.54) is 0 Å². The number of ether oxygens (including phenoxy) is 5. The second-order valence-corrected chi connectivity index (χ2v) is 11.9. The van der Waals surface area contributed by atoms with Gasteiger partial charge in [-0.1, -0.05) is 6.92 Å². The normalized spacial score (nSPS) is 14.2. The van der Waals surface area contributed by atoms with Crippen LogP contribution in [0.15, 0.2) is 0 Å². The Balaban J connectivity index is 4.31. The predicted molar refractivity (Wildman–Crippen MR) is 169 cm³/mol. The number of carbonyl (C=O) groups excluding carboxylic acids is 2. The monoisotopic (exact) mass is 747 g/mol. The van der Waals surface area contributed by atoms with E-state index in [1.54, 1.807) is 5.09 Å². The highest BCUT2D eigenvalue weighted by Gasteiger charge is 2.30. The Morgan fingerprint density at radius 2 is 0.940 bits per heavy atom. The second kappa shape index (κ2) is 28.4. The molecule has 0 aromatic heterocycles. The summed E-state index contributed by atoms with van der Waals surface area (Å²) in [4.78, 5) is 79.3. The van der Waals surface area contributed by atoms with Crippen LogP contribution in [0.2, 0.25) is 0 Å². The van der Waals surface area contributed by atoms with E-state index in [4.69, 9.17) is 33.9 Å². The van der Waals surface area contributed by atoms with E-state index < -0.39 is 100 Å². The minimum absolute atomic E-state index is 0.0320. The Kier molecular flexibility index (Phi) is 26.6. The number of aliphatic carboxylic acids is 4. The molecule has 0 spiro atoms. The molecule has 0 heterocycles. The van der Waals surface area contributed by atoms with Gasteiger partial charge in [0.2, 0.25) is 11.8 Å². The standard InChI is InChI=1S/C28H50N3O18P/c1-2-9-44-12-14-46-16-18-48-19-17-47-15-13-45-10-8-24(33)29-20(26(36)37)3-5-23(32)30-21(27(38)39)7-11-49-50(42,43)31-22(28(40)41)4-6-25(34)35/h20-22H,2-19H2,1H3,(H,29,33)(H,30,32)(H,34,35)(H,36,37)(H,38,39)(H,40,41)(H2,31,42,43)/t20-,21+,22+/m1/s1. The van der Waals surface area contributed by atoms with Crippen molar-refractivity contribution in [2.24, 2.45) is 0 Å². The molecule has 0 aliphatic heterocycles.